The lowest BCUT2D eigenvalue weighted by Gasteiger charge is -2.18. The van der Waals surface area contributed by atoms with Crippen molar-refractivity contribution in [2.75, 3.05) is 5.73 Å². The second-order valence-corrected chi connectivity index (χ2v) is 8.15. The van der Waals surface area contributed by atoms with E-state index in [1.807, 2.05) is 44.2 Å². The second-order valence-electron chi connectivity index (χ2n) is 8.15. The largest absolute Gasteiger partial charge is 0.508 e. The number of benzene rings is 2. The van der Waals surface area contributed by atoms with E-state index in [1.165, 1.54) is 18.5 Å². The van der Waals surface area contributed by atoms with Gasteiger partial charge in [-0.3, -0.25) is 4.79 Å². The number of rotatable bonds is 4. The molecule has 0 atom stereocenters. The fourth-order valence-electron chi connectivity index (χ4n) is 4.22. The lowest BCUT2D eigenvalue weighted by molar-refractivity contribution is 0.469. The number of fused-ring (bicyclic) bond motifs is 2. The van der Waals surface area contributed by atoms with E-state index in [0.717, 1.165) is 17.1 Å². The van der Waals surface area contributed by atoms with Gasteiger partial charge in [0, 0.05) is 28.8 Å². The van der Waals surface area contributed by atoms with Crippen LogP contribution >= 0.6 is 0 Å². The molecule has 0 saturated carbocycles. The van der Waals surface area contributed by atoms with Gasteiger partial charge in [0.05, 0.1) is 11.9 Å². The fourth-order valence-corrected chi connectivity index (χ4v) is 4.22. The molecule has 0 radical (unpaired) electrons. The first-order chi connectivity index (χ1) is 15.8. The lowest BCUT2D eigenvalue weighted by Crippen LogP contribution is -2.26. The summed E-state index contributed by atoms with van der Waals surface area (Å²) in [5, 5.41) is 16.5. The molecule has 3 heterocycles. The van der Waals surface area contributed by atoms with Crippen LogP contribution in [0.2, 0.25) is 0 Å². The molecule has 0 unspecified atom stereocenters. The number of pyridine rings is 1. The summed E-state index contributed by atoms with van der Waals surface area (Å²) in [5.41, 5.74) is 7.92. The smallest absolute Gasteiger partial charge is 0.258 e. The first kappa shape index (κ1) is 20.6. The Morgan fingerprint density at radius 2 is 1.91 bits per heavy atom. The van der Waals surface area contributed by atoms with Gasteiger partial charge in [-0.05, 0) is 43.5 Å². The molecule has 0 bridgehead atoms. The van der Waals surface area contributed by atoms with Crippen molar-refractivity contribution < 1.29 is 9.50 Å². The van der Waals surface area contributed by atoms with Crippen molar-refractivity contribution in [1.29, 1.82) is 0 Å². The maximum atomic E-state index is 14.0. The van der Waals surface area contributed by atoms with Crippen LogP contribution in [0.25, 0.3) is 33.1 Å². The van der Waals surface area contributed by atoms with Crippen LogP contribution in [0, 0.1) is 5.82 Å². The maximum Gasteiger partial charge on any atom is 0.258 e. The lowest BCUT2D eigenvalue weighted by atomic mass is 10.1. The Labute approximate surface area is 187 Å². The zero-order valence-electron chi connectivity index (χ0n) is 18.0. The molecule has 0 aliphatic heterocycles. The Bertz CT molecular complexity index is 1570. The summed E-state index contributed by atoms with van der Waals surface area (Å²) in [6.45, 7) is 4.12. The maximum absolute atomic E-state index is 14.0. The number of hydrogen-bond donors (Lipinski definition) is 2. The van der Waals surface area contributed by atoms with E-state index < -0.39 is 5.82 Å². The van der Waals surface area contributed by atoms with Gasteiger partial charge >= 0.3 is 0 Å². The molecular weight excluding hydrogens is 423 g/mol. The molecule has 0 spiro atoms. The zero-order chi connectivity index (χ0) is 23.3. The Balaban J connectivity index is 1.75. The van der Waals surface area contributed by atoms with Crippen molar-refractivity contribution in [1.82, 2.24) is 24.3 Å². The third kappa shape index (κ3) is 3.47. The van der Waals surface area contributed by atoms with Crippen LogP contribution in [0.3, 0.4) is 0 Å². The fraction of sp³-hybridized carbons (Fsp3) is 0.167. The first-order valence-corrected chi connectivity index (χ1v) is 10.4. The van der Waals surface area contributed by atoms with Crippen LogP contribution in [-0.4, -0.2) is 29.4 Å². The van der Waals surface area contributed by atoms with E-state index in [-0.39, 0.29) is 29.7 Å². The molecule has 5 aromatic rings. The molecule has 3 N–H and O–H groups in total. The highest BCUT2D eigenvalue weighted by atomic mass is 19.1. The molecule has 0 aliphatic rings. The summed E-state index contributed by atoms with van der Waals surface area (Å²) in [4.78, 5) is 21.6. The molecule has 3 aromatic heterocycles. The van der Waals surface area contributed by atoms with Gasteiger partial charge in [0.2, 0.25) is 0 Å². The van der Waals surface area contributed by atoms with Gasteiger partial charge in [-0.2, -0.15) is 5.10 Å². The predicted octanol–water partition coefficient (Wildman–Crippen LogP) is 3.86. The minimum atomic E-state index is -0.605. The van der Waals surface area contributed by atoms with Gasteiger partial charge in [-0.15, -0.1) is 0 Å². The summed E-state index contributed by atoms with van der Waals surface area (Å²) in [6.07, 6.45) is 1.33. The zero-order valence-corrected chi connectivity index (χ0v) is 18.0. The minimum Gasteiger partial charge on any atom is -0.508 e. The summed E-state index contributed by atoms with van der Waals surface area (Å²) >= 11 is 0. The monoisotopic (exact) mass is 444 g/mol. The standard InChI is InChI=1S/C24H21FN6O2/c1-13(2)31-17(8-14-5-3-4-6-19(14)24(31)33)11-30-23-20(22(26)27-12-28-23)21(29-30)15-7-16(25)10-18(32)9-15/h3-10,12-13,32H,11H2,1-2H3,(H2,26,27,28). The molecule has 166 valence electrons. The Kier molecular flexibility index (Phi) is 4.81. The number of phenolic OH excluding ortho intramolecular Hbond substituents is 1. The summed E-state index contributed by atoms with van der Waals surface area (Å²) in [6, 6.07) is 13.0. The van der Waals surface area contributed by atoms with Crippen molar-refractivity contribution in [3.63, 3.8) is 0 Å². The van der Waals surface area contributed by atoms with Gasteiger partial charge in [0.15, 0.2) is 5.65 Å². The number of hydrogen-bond acceptors (Lipinski definition) is 6. The topological polar surface area (TPSA) is 112 Å². The molecule has 0 aliphatic carbocycles. The predicted molar refractivity (Wildman–Crippen MR) is 124 cm³/mol. The third-order valence-corrected chi connectivity index (χ3v) is 5.58. The van der Waals surface area contributed by atoms with Crippen LogP contribution in [0.5, 0.6) is 5.75 Å². The summed E-state index contributed by atoms with van der Waals surface area (Å²) < 4.78 is 17.4. The van der Waals surface area contributed by atoms with Crippen molar-refractivity contribution >= 4 is 27.6 Å². The highest BCUT2D eigenvalue weighted by Gasteiger charge is 2.20. The first-order valence-electron chi connectivity index (χ1n) is 10.4. The molecule has 0 amide bonds. The number of phenols is 1. The number of nitrogen functional groups attached to an aromatic ring is 1. The van der Waals surface area contributed by atoms with E-state index in [0.29, 0.717) is 27.7 Å². The van der Waals surface area contributed by atoms with Crippen LogP contribution in [-0.2, 0) is 6.54 Å². The van der Waals surface area contributed by atoms with E-state index >= 15 is 0 Å². The number of anilines is 1. The number of aromatic hydroxyl groups is 1. The Morgan fingerprint density at radius 3 is 2.67 bits per heavy atom. The van der Waals surface area contributed by atoms with E-state index in [9.17, 15) is 14.3 Å². The second kappa shape index (κ2) is 7.70. The third-order valence-electron chi connectivity index (χ3n) is 5.58. The van der Waals surface area contributed by atoms with Crippen molar-refractivity contribution in [2.24, 2.45) is 0 Å². The van der Waals surface area contributed by atoms with E-state index in [4.69, 9.17) is 5.73 Å². The quantitative estimate of drug-likeness (QED) is 0.435. The average Bonchev–Trinajstić information content (AvgIpc) is 3.13. The van der Waals surface area contributed by atoms with Crippen molar-refractivity contribution in [3.8, 4) is 17.0 Å². The molecule has 9 heteroatoms. The van der Waals surface area contributed by atoms with Gasteiger partial charge in [-0.25, -0.2) is 19.0 Å². The van der Waals surface area contributed by atoms with Crippen LogP contribution < -0.4 is 11.3 Å². The highest BCUT2D eigenvalue weighted by molar-refractivity contribution is 5.98. The summed E-state index contributed by atoms with van der Waals surface area (Å²) in [7, 11) is 0. The Morgan fingerprint density at radius 1 is 1.12 bits per heavy atom. The number of aromatic nitrogens is 5. The summed E-state index contributed by atoms with van der Waals surface area (Å²) in [5.74, 6) is -0.651. The number of nitrogens with zero attached hydrogens (tertiary/aromatic N) is 5. The minimum absolute atomic E-state index is 0.0843. The van der Waals surface area contributed by atoms with Gasteiger partial charge in [0.25, 0.3) is 5.56 Å². The van der Waals surface area contributed by atoms with E-state index in [2.05, 4.69) is 15.1 Å². The molecule has 33 heavy (non-hydrogen) atoms. The number of halogens is 1. The van der Waals surface area contributed by atoms with Crippen LogP contribution in [0.1, 0.15) is 25.6 Å². The van der Waals surface area contributed by atoms with Gasteiger partial charge in [0.1, 0.15) is 29.4 Å². The van der Waals surface area contributed by atoms with Gasteiger partial charge in [-0.1, -0.05) is 18.2 Å². The molecular formula is C24H21FN6O2. The molecule has 0 fully saturated rings. The van der Waals surface area contributed by atoms with Crippen LogP contribution in [0.15, 0.2) is 59.7 Å². The Hall–Kier alpha value is -4.27. The van der Waals surface area contributed by atoms with Crippen LogP contribution in [0.4, 0.5) is 10.2 Å². The normalized spacial score (nSPS) is 11.6. The average molecular weight is 444 g/mol. The molecule has 8 nitrogen and oxygen atoms in total. The molecule has 5 rings (SSSR count). The molecule has 2 aromatic carbocycles. The van der Waals surface area contributed by atoms with Crippen molar-refractivity contribution in [3.05, 3.63) is 76.7 Å². The van der Waals surface area contributed by atoms with Crippen molar-refractivity contribution in [2.45, 2.75) is 26.4 Å². The molecule has 0 saturated heterocycles. The highest BCUT2D eigenvalue weighted by Crippen LogP contribution is 2.32. The SMILES string of the molecule is CC(C)n1c(Cn2nc(-c3cc(O)cc(F)c3)c3c(N)ncnc32)cc2ccccc2c1=O. The van der Waals surface area contributed by atoms with E-state index in [1.54, 1.807) is 9.25 Å². The van der Waals surface area contributed by atoms with Gasteiger partial charge < -0.3 is 15.4 Å². The number of nitrogens with two attached hydrogens (primary N) is 1.